The van der Waals surface area contributed by atoms with Gasteiger partial charge in [-0.3, -0.25) is 38.8 Å². The molecule has 228 valence electrons. The van der Waals surface area contributed by atoms with E-state index in [4.69, 9.17) is 0 Å². The molecule has 0 bridgehead atoms. The van der Waals surface area contributed by atoms with Crippen molar-refractivity contribution in [1.29, 1.82) is 0 Å². The zero-order valence-corrected chi connectivity index (χ0v) is 26.3. The van der Waals surface area contributed by atoms with Crippen LogP contribution in [0, 0.1) is 0 Å². The van der Waals surface area contributed by atoms with Gasteiger partial charge in [0.25, 0.3) is 23.6 Å². The Kier molecular flexibility index (Phi) is 5.95. The van der Waals surface area contributed by atoms with Gasteiger partial charge in [-0.05, 0) is 52.0 Å². The van der Waals surface area contributed by atoms with E-state index in [1.165, 1.54) is 9.80 Å². The van der Waals surface area contributed by atoms with E-state index in [0.29, 0.717) is 35.3 Å². The highest BCUT2D eigenvalue weighted by Gasteiger charge is 2.63. The maximum Gasteiger partial charge on any atom is 0.317 e. The second-order valence-corrected chi connectivity index (χ2v) is 16.8. The van der Waals surface area contributed by atoms with E-state index in [1.807, 2.05) is 0 Å². The molecule has 0 saturated carbocycles. The molecule has 6 amide bonds. The van der Waals surface area contributed by atoms with Gasteiger partial charge in [-0.1, -0.05) is 24.3 Å². The summed E-state index contributed by atoms with van der Waals surface area (Å²) in [5, 5.41) is 6.13. The third kappa shape index (κ3) is 3.75. The number of urea groups is 1. The predicted molar refractivity (Wildman–Crippen MR) is 165 cm³/mol. The number of nitrogens with one attached hydrogen (secondary N) is 2. The molecule has 13 heteroatoms. The second-order valence-electron chi connectivity index (χ2n) is 13.2. The van der Waals surface area contributed by atoms with Crippen LogP contribution in [0.3, 0.4) is 0 Å². The monoisotopic (exact) mass is 632 g/mol. The molecule has 0 radical (unpaired) electrons. The Balaban J connectivity index is 0.930. The minimum Gasteiger partial charge on any atom is -0.321 e. The summed E-state index contributed by atoms with van der Waals surface area (Å²) < 4.78 is -0.740. The predicted octanol–water partition coefficient (Wildman–Crippen LogP) is 2.60. The minimum absolute atomic E-state index is 0.115. The van der Waals surface area contributed by atoms with Gasteiger partial charge in [0.1, 0.15) is 0 Å². The van der Waals surface area contributed by atoms with E-state index in [9.17, 15) is 24.0 Å². The van der Waals surface area contributed by atoms with Crippen LogP contribution < -0.4 is 10.6 Å². The van der Waals surface area contributed by atoms with Gasteiger partial charge in [-0.25, -0.2) is 4.79 Å². The van der Waals surface area contributed by atoms with E-state index < -0.39 is 0 Å². The first kappa shape index (κ1) is 28.1. The average molecular weight is 633 g/mol. The Labute approximate surface area is 263 Å². The van der Waals surface area contributed by atoms with Crippen LogP contribution in [0.15, 0.2) is 48.5 Å². The highest BCUT2D eigenvalue weighted by atomic mass is 32.2. The Bertz CT molecular complexity index is 1490. The van der Waals surface area contributed by atoms with Crippen molar-refractivity contribution in [1.82, 2.24) is 30.2 Å². The Morgan fingerprint density at radius 2 is 0.955 bits per heavy atom. The fourth-order valence-corrected chi connectivity index (χ4v) is 10.9. The van der Waals surface area contributed by atoms with E-state index in [2.05, 4.69) is 48.1 Å². The summed E-state index contributed by atoms with van der Waals surface area (Å²) in [7, 11) is 0. The number of imide groups is 2. The topological polar surface area (TPSA) is 122 Å². The van der Waals surface area contributed by atoms with Gasteiger partial charge in [0, 0.05) is 22.6 Å². The van der Waals surface area contributed by atoms with Gasteiger partial charge in [-0.2, -0.15) is 0 Å². The molecule has 4 saturated heterocycles. The van der Waals surface area contributed by atoms with Gasteiger partial charge < -0.3 is 10.6 Å². The molecule has 0 aliphatic carbocycles. The van der Waals surface area contributed by atoms with E-state index in [-0.39, 0.29) is 74.3 Å². The summed E-state index contributed by atoms with van der Waals surface area (Å²) >= 11 is 3.33. The zero-order chi connectivity index (χ0) is 30.9. The van der Waals surface area contributed by atoms with Crippen molar-refractivity contribution in [3.63, 3.8) is 0 Å². The highest BCUT2D eigenvalue weighted by molar-refractivity contribution is 8.01. The molecule has 44 heavy (non-hydrogen) atoms. The third-order valence-electron chi connectivity index (χ3n) is 9.79. The molecule has 2 aromatic rings. The van der Waals surface area contributed by atoms with E-state index in [0.717, 1.165) is 0 Å². The van der Waals surface area contributed by atoms with E-state index in [1.54, 1.807) is 72.1 Å². The Hall–Kier alpha value is -3.39. The van der Waals surface area contributed by atoms with Crippen LogP contribution in [0.1, 0.15) is 69.1 Å². The summed E-state index contributed by atoms with van der Waals surface area (Å²) in [6.45, 7) is 9.22. The van der Waals surface area contributed by atoms with Crippen molar-refractivity contribution in [2.45, 2.75) is 72.4 Å². The number of hydrogen-bond acceptors (Lipinski definition) is 9. The van der Waals surface area contributed by atoms with Gasteiger partial charge in [0.15, 0.2) is 0 Å². The summed E-state index contributed by atoms with van der Waals surface area (Å²) in [4.78, 5) is 73.1. The SMILES string of the molecule is CC1(C)S[C@H]2[C@@H](N3C(=O)c4ccccc4C3=O)CN2[C@H]1NC(=O)N[C@H]1N2C[C@H](N3C(=O)c4ccccc4C3=O)[C@@H]2SC1(C)C. The molecule has 2 aromatic carbocycles. The first-order chi connectivity index (χ1) is 20.9. The molecule has 6 aliphatic heterocycles. The molecule has 2 N–H and O–H groups in total. The number of carbonyl (C=O) groups excluding carboxylic acids is 5. The van der Waals surface area contributed by atoms with Crippen LogP contribution in [0.25, 0.3) is 0 Å². The molecular formula is C31H32N6O5S2. The number of nitrogens with zero attached hydrogens (tertiary/aromatic N) is 4. The maximum atomic E-state index is 13.5. The van der Waals surface area contributed by atoms with Gasteiger partial charge in [0.2, 0.25) is 0 Å². The van der Waals surface area contributed by atoms with Crippen LogP contribution in [-0.4, -0.2) is 107 Å². The molecule has 4 fully saturated rings. The lowest BCUT2D eigenvalue weighted by Gasteiger charge is -2.49. The summed E-state index contributed by atoms with van der Waals surface area (Å²) in [5.74, 6) is -1.03. The van der Waals surface area contributed by atoms with Crippen molar-refractivity contribution in [2.24, 2.45) is 0 Å². The molecule has 6 aliphatic rings. The fourth-order valence-electron chi connectivity index (χ4n) is 7.57. The lowest BCUT2D eigenvalue weighted by atomic mass is 10.0. The first-order valence-corrected chi connectivity index (χ1v) is 16.5. The molecule has 8 rings (SSSR count). The number of carbonyl (C=O) groups is 5. The fraction of sp³-hybridized carbons (Fsp3) is 0.452. The average Bonchev–Trinajstić information content (AvgIpc) is 3.52. The molecule has 0 aromatic heterocycles. The van der Waals surface area contributed by atoms with Crippen molar-refractivity contribution < 1.29 is 24.0 Å². The van der Waals surface area contributed by atoms with Crippen LogP contribution in [0.4, 0.5) is 4.79 Å². The van der Waals surface area contributed by atoms with Crippen molar-refractivity contribution >= 4 is 53.2 Å². The lowest BCUT2D eigenvalue weighted by molar-refractivity contribution is -0.00638. The van der Waals surface area contributed by atoms with Crippen LogP contribution in [-0.2, 0) is 0 Å². The summed E-state index contributed by atoms with van der Waals surface area (Å²) in [5.41, 5.74) is 1.77. The summed E-state index contributed by atoms with van der Waals surface area (Å²) in [6, 6.07) is 13.0. The number of rotatable bonds is 4. The van der Waals surface area contributed by atoms with Gasteiger partial charge in [-0.15, -0.1) is 23.5 Å². The lowest BCUT2D eigenvalue weighted by Crippen LogP contribution is -2.71. The van der Waals surface area contributed by atoms with Crippen molar-refractivity contribution in [3.8, 4) is 0 Å². The molecule has 0 spiro atoms. The molecule has 0 unspecified atom stereocenters. The van der Waals surface area contributed by atoms with Crippen LogP contribution >= 0.6 is 23.5 Å². The Morgan fingerprint density at radius 1 is 0.636 bits per heavy atom. The van der Waals surface area contributed by atoms with Crippen molar-refractivity contribution in [3.05, 3.63) is 70.8 Å². The first-order valence-electron chi connectivity index (χ1n) is 14.8. The molecule has 11 nitrogen and oxygen atoms in total. The third-order valence-corrected chi connectivity index (χ3v) is 13.1. The quantitative estimate of drug-likeness (QED) is 0.490. The number of benzene rings is 2. The molecular weight excluding hydrogens is 601 g/mol. The van der Waals surface area contributed by atoms with Crippen molar-refractivity contribution in [2.75, 3.05) is 13.1 Å². The minimum atomic E-state index is -0.370. The zero-order valence-electron chi connectivity index (χ0n) is 24.6. The standard InChI is InChI=1S/C31H32N6O5S2/c1-30(2)27(34-13-19(25(34)43-30)36-21(38)15-9-5-6-10-16(15)22(36)39)32-29(42)33-28-31(3,4)44-26-20(14-35(26)28)37-23(40)17-11-7-8-12-18(17)24(37)41/h5-12,19-20,25-28H,13-14H2,1-4H3,(H2,32,33,42)/t19-,20-,25-,26-,27-,28+/m0/s1. The largest absolute Gasteiger partial charge is 0.321 e. The maximum absolute atomic E-state index is 13.5. The number of fused-ring (bicyclic) bond motifs is 4. The smallest absolute Gasteiger partial charge is 0.317 e. The number of hydrogen-bond donors (Lipinski definition) is 2. The normalized spacial score (nSPS) is 33.0. The highest BCUT2D eigenvalue weighted by Crippen LogP contribution is 2.53. The second kappa shape index (κ2) is 9.32. The van der Waals surface area contributed by atoms with Gasteiger partial charge >= 0.3 is 6.03 Å². The Morgan fingerprint density at radius 3 is 1.27 bits per heavy atom. The van der Waals surface area contributed by atoms with E-state index >= 15 is 0 Å². The molecule has 6 heterocycles. The number of thioether (sulfide) groups is 2. The van der Waals surface area contributed by atoms with Crippen LogP contribution in [0.2, 0.25) is 0 Å². The number of amides is 6. The van der Waals surface area contributed by atoms with Gasteiger partial charge in [0.05, 0.1) is 57.4 Å². The molecule has 6 atom stereocenters. The summed E-state index contributed by atoms with van der Waals surface area (Å²) in [6.07, 6.45) is -0.612. The van der Waals surface area contributed by atoms with Crippen LogP contribution in [0.5, 0.6) is 0 Å².